The van der Waals surface area contributed by atoms with Gasteiger partial charge in [-0.1, -0.05) is 0 Å². The second-order valence-corrected chi connectivity index (χ2v) is 4.89. The summed E-state index contributed by atoms with van der Waals surface area (Å²) in [5, 5.41) is 19.6. The van der Waals surface area contributed by atoms with Crippen molar-refractivity contribution < 1.29 is 24.4 Å². The lowest BCUT2D eigenvalue weighted by atomic mass is 10.0. The zero-order valence-corrected chi connectivity index (χ0v) is 12.9. The first kappa shape index (κ1) is 15.8. The van der Waals surface area contributed by atoms with Crippen LogP contribution in [0.4, 0.5) is 0 Å². The van der Waals surface area contributed by atoms with E-state index in [4.69, 9.17) is 14.2 Å². The van der Waals surface area contributed by atoms with E-state index in [-0.39, 0.29) is 17.2 Å². The van der Waals surface area contributed by atoms with Gasteiger partial charge in [0.05, 0.1) is 21.3 Å². The van der Waals surface area contributed by atoms with Crippen LogP contribution in [0.3, 0.4) is 0 Å². The number of rotatable bonds is 6. The summed E-state index contributed by atoms with van der Waals surface area (Å²) in [6.07, 6.45) is 1.38. The van der Waals surface area contributed by atoms with Gasteiger partial charge < -0.3 is 24.4 Å². The molecule has 2 aromatic rings. The number of benzene rings is 2. The first-order valence-electron chi connectivity index (χ1n) is 6.88. The fourth-order valence-electron chi connectivity index (χ4n) is 2.31. The van der Waals surface area contributed by atoms with Crippen LogP contribution >= 0.6 is 0 Å². The molecule has 0 saturated heterocycles. The Labute approximate surface area is 129 Å². The lowest BCUT2D eigenvalue weighted by molar-refractivity contribution is 0.344. The largest absolute Gasteiger partial charge is 0.504 e. The monoisotopic (exact) mass is 304 g/mol. The van der Waals surface area contributed by atoms with Crippen molar-refractivity contribution in [3.05, 3.63) is 41.5 Å². The van der Waals surface area contributed by atoms with Crippen molar-refractivity contribution in [2.75, 3.05) is 21.3 Å². The molecule has 2 aromatic carbocycles. The predicted molar refractivity (Wildman–Crippen MR) is 83.3 cm³/mol. The molecule has 118 valence electrons. The maximum Gasteiger partial charge on any atom is 0.202 e. The average Bonchev–Trinajstić information content (AvgIpc) is 2.52. The van der Waals surface area contributed by atoms with Crippen molar-refractivity contribution in [1.29, 1.82) is 0 Å². The molecule has 0 aliphatic carbocycles. The smallest absolute Gasteiger partial charge is 0.202 e. The van der Waals surface area contributed by atoms with Gasteiger partial charge in [0.25, 0.3) is 0 Å². The van der Waals surface area contributed by atoms with E-state index in [0.29, 0.717) is 6.42 Å². The Hall–Kier alpha value is -2.56. The van der Waals surface area contributed by atoms with Gasteiger partial charge in [0.1, 0.15) is 11.5 Å². The van der Waals surface area contributed by atoms with Crippen LogP contribution in [0.25, 0.3) is 0 Å². The number of aryl methyl sites for hydroxylation is 2. The van der Waals surface area contributed by atoms with Crippen molar-refractivity contribution in [3.8, 4) is 28.7 Å². The van der Waals surface area contributed by atoms with Crippen LogP contribution < -0.4 is 14.2 Å². The van der Waals surface area contributed by atoms with Gasteiger partial charge in [0.2, 0.25) is 5.75 Å². The molecule has 0 aromatic heterocycles. The molecule has 0 fully saturated rings. The third-order valence-corrected chi connectivity index (χ3v) is 3.43. The van der Waals surface area contributed by atoms with Crippen molar-refractivity contribution in [1.82, 2.24) is 0 Å². The number of methoxy groups -OCH3 is 3. The molecule has 0 saturated carbocycles. The van der Waals surface area contributed by atoms with Crippen LogP contribution in [0.1, 0.15) is 11.1 Å². The molecule has 2 N–H and O–H groups in total. The number of hydrogen-bond acceptors (Lipinski definition) is 5. The van der Waals surface area contributed by atoms with E-state index in [1.165, 1.54) is 7.11 Å². The third kappa shape index (κ3) is 3.55. The van der Waals surface area contributed by atoms with Gasteiger partial charge in [-0.25, -0.2) is 0 Å². The molecule has 0 amide bonds. The van der Waals surface area contributed by atoms with Crippen LogP contribution in [0.5, 0.6) is 28.7 Å². The van der Waals surface area contributed by atoms with E-state index >= 15 is 0 Å². The van der Waals surface area contributed by atoms with E-state index in [9.17, 15) is 10.2 Å². The Morgan fingerprint density at radius 1 is 0.682 bits per heavy atom. The summed E-state index contributed by atoms with van der Waals surface area (Å²) in [5.41, 5.74) is 1.86. The second-order valence-electron chi connectivity index (χ2n) is 4.89. The second kappa shape index (κ2) is 6.93. The Morgan fingerprint density at radius 3 is 1.55 bits per heavy atom. The minimum Gasteiger partial charge on any atom is -0.504 e. The van der Waals surface area contributed by atoms with Gasteiger partial charge in [-0.2, -0.15) is 0 Å². The highest BCUT2D eigenvalue weighted by Crippen LogP contribution is 2.36. The van der Waals surface area contributed by atoms with Crippen molar-refractivity contribution in [2.45, 2.75) is 12.8 Å². The maximum absolute atomic E-state index is 9.81. The van der Waals surface area contributed by atoms with Crippen LogP contribution in [-0.4, -0.2) is 31.5 Å². The molecule has 0 spiro atoms. The minimum absolute atomic E-state index is 0.0688. The molecule has 2 rings (SSSR count). The predicted octanol–water partition coefficient (Wildman–Crippen LogP) is 2.91. The summed E-state index contributed by atoms with van der Waals surface area (Å²) in [6, 6.07) is 8.87. The lowest BCUT2D eigenvalue weighted by Crippen LogP contribution is -1.95. The van der Waals surface area contributed by atoms with E-state index in [0.717, 1.165) is 29.0 Å². The highest BCUT2D eigenvalue weighted by Gasteiger charge is 2.10. The topological polar surface area (TPSA) is 68.2 Å². The van der Waals surface area contributed by atoms with E-state index in [2.05, 4.69) is 0 Å². The Balaban J connectivity index is 2.16. The number of ether oxygens (including phenoxy) is 3. The zero-order valence-electron chi connectivity index (χ0n) is 12.9. The van der Waals surface area contributed by atoms with Gasteiger partial charge >= 0.3 is 0 Å². The summed E-state index contributed by atoms with van der Waals surface area (Å²) >= 11 is 0. The number of hydrogen-bond donors (Lipinski definition) is 2. The van der Waals surface area contributed by atoms with Gasteiger partial charge in [-0.05, 0) is 48.2 Å². The van der Waals surface area contributed by atoms with E-state index in [1.54, 1.807) is 26.4 Å². The molecule has 0 atom stereocenters. The molecular formula is C17H20O5. The molecule has 0 unspecified atom stereocenters. The van der Waals surface area contributed by atoms with Crippen LogP contribution in [0.15, 0.2) is 30.3 Å². The highest BCUT2D eigenvalue weighted by molar-refractivity contribution is 5.52. The summed E-state index contributed by atoms with van der Waals surface area (Å²) in [5.74, 6) is 1.41. The summed E-state index contributed by atoms with van der Waals surface area (Å²) < 4.78 is 15.4. The minimum atomic E-state index is -0.0688. The molecule has 22 heavy (non-hydrogen) atoms. The number of aromatic hydroxyl groups is 2. The van der Waals surface area contributed by atoms with Gasteiger partial charge in [-0.15, -0.1) is 0 Å². The first-order valence-corrected chi connectivity index (χ1v) is 6.88. The molecule has 0 bridgehead atoms. The van der Waals surface area contributed by atoms with Crippen LogP contribution in [0, 0.1) is 0 Å². The van der Waals surface area contributed by atoms with Gasteiger partial charge in [0.15, 0.2) is 11.5 Å². The van der Waals surface area contributed by atoms with Gasteiger partial charge in [-0.3, -0.25) is 0 Å². The molecule has 0 aliphatic rings. The first-order chi connectivity index (χ1) is 10.6. The van der Waals surface area contributed by atoms with Crippen molar-refractivity contribution in [2.24, 2.45) is 0 Å². The standard InChI is InChI=1S/C17H20O5/c1-20-13-6-11(7-14(10-13)21-2)4-5-12-8-15(18)17(22-3)16(19)9-12/h6-10,18-19H,4-5H2,1-3H3. The normalized spacial score (nSPS) is 10.3. The SMILES string of the molecule is COc1cc(CCc2cc(O)c(OC)c(O)c2)cc(OC)c1. The third-order valence-electron chi connectivity index (χ3n) is 3.43. The number of phenolic OH excluding ortho intramolecular Hbond substituents is 2. The molecule has 0 heterocycles. The number of phenols is 2. The van der Waals surface area contributed by atoms with E-state index < -0.39 is 0 Å². The average molecular weight is 304 g/mol. The maximum atomic E-state index is 9.81. The summed E-state index contributed by atoms with van der Waals surface area (Å²) in [6.45, 7) is 0. The van der Waals surface area contributed by atoms with E-state index in [1.807, 2.05) is 18.2 Å². The molecule has 0 radical (unpaired) electrons. The Bertz CT molecular complexity index is 606. The van der Waals surface area contributed by atoms with Gasteiger partial charge in [0, 0.05) is 6.07 Å². The lowest BCUT2D eigenvalue weighted by Gasteiger charge is -2.10. The fraction of sp³-hybridized carbons (Fsp3) is 0.294. The summed E-state index contributed by atoms with van der Waals surface area (Å²) in [4.78, 5) is 0. The van der Waals surface area contributed by atoms with Crippen LogP contribution in [-0.2, 0) is 12.8 Å². The highest BCUT2D eigenvalue weighted by atomic mass is 16.5. The quantitative estimate of drug-likeness (QED) is 0.859. The molecule has 5 nitrogen and oxygen atoms in total. The molecule has 0 aliphatic heterocycles. The van der Waals surface area contributed by atoms with Crippen molar-refractivity contribution in [3.63, 3.8) is 0 Å². The van der Waals surface area contributed by atoms with Crippen LogP contribution in [0.2, 0.25) is 0 Å². The Morgan fingerprint density at radius 2 is 1.14 bits per heavy atom. The molecule has 5 heteroatoms. The molecular weight excluding hydrogens is 284 g/mol. The zero-order chi connectivity index (χ0) is 16.1. The Kier molecular flexibility index (Phi) is 4.99. The van der Waals surface area contributed by atoms with Crippen molar-refractivity contribution >= 4 is 0 Å². The fourth-order valence-corrected chi connectivity index (χ4v) is 2.31. The summed E-state index contributed by atoms with van der Waals surface area (Å²) in [7, 11) is 4.62.